The van der Waals surface area contributed by atoms with Gasteiger partial charge in [-0.15, -0.1) is 0 Å². The molecule has 0 aliphatic heterocycles. The molecule has 0 saturated carbocycles. The molecule has 0 aliphatic rings. The molecule has 0 radical (unpaired) electrons. The van der Waals surface area contributed by atoms with Crippen molar-refractivity contribution in [2.24, 2.45) is 7.05 Å². The zero-order valence-electron chi connectivity index (χ0n) is 11.1. The average molecular weight is 224 g/mol. The third-order valence-electron chi connectivity index (χ3n) is 3.28. The Kier molecular flexibility index (Phi) is 4.96. The van der Waals surface area contributed by atoms with Gasteiger partial charge in [0.05, 0.1) is 6.20 Å². The van der Waals surface area contributed by atoms with Gasteiger partial charge in [0.1, 0.15) is 0 Å². The minimum atomic E-state index is 0.523. The summed E-state index contributed by atoms with van der Waals surface area (Å²) < 4.78 is 1.85. The maximum absolute atomic E-state index is 4.19. The van der Waals surface area contributed by atoms with E-state index in [1.807, 2.05) is 25.0 Å². The summed E-state index contributed by atoms with van der Waals surface area (Å²) in [5.41, 5.74) is 1.27. The zero-order valence-corrected chi connectivity index (χ0v) is 11.1. The molecule has 0 amide bonds. The van der Waals surface area contributed by atoms with Crippen molar-refractivity contribution in [2.45, 2.75) is 38.9 Å². The molecule has 1 aromatic rings. The molecule has 2 unspecified atom stereocenters. The van der Waals surface area contributed by atoms with E-state index in [0.717, 1.165) is 13.0 Å². The van der Waals surface area contributed by atoms with E-state index in [-0.39, 0.29) is 0 Å². The molecule has 16 heavy (non-hydrogen) atoms. The van der Waals surface area contributed by atoms with Crippen LogP contribution in [0, 0.1) is 0 Å². The number of rotatable bonds is 6. The van der Waals surface area contributed by atoms with Crippen molar-refractivity contribution < 1.29 is 0 Å². The number of nitrogens with zero attached hydrogens (tertiary/aromatic N) is 3. The second kappa shape index (κ2) is 6.01. The Morgan fingerprint density at radius 3 is 2.69 bits per heavy atom. The Morgan fingerprint density at radius 1 is 1.56 bits per heavy atom. The van der Waals surface area contributed by atoms with Gasteiger partial charge in [-0.1, -0.05) is 6.92 Å². The number of nitrogens with one attached hydrogen (secondary N) is 1. The fourth-order valence-electron chi connectivity index (χ4n) is 2.08. The third kappa shape index (κ3) is 3.32. The van der Waals surface area contributed by atoms with Gasteiger partial charge in [-0.05, 0) is 27.4 Å². The molecule has 0 bridgehead atoms. The van der Waals surface area contributed by atoms with Crippen molar-refractivity contribution in [1.29, 1.82) is 0 Å². The van der Waals surface area contributed by atoms with Gasteiger partial charge < -0.3 is 5.32 Å². The highest BCUT2D eigenvalue weighted by molar-refractivity contribution is 5.03. The average Bonchev–Trinajstić information content (AvgIpc) is 2.65. The number of likely N-dealkylation sites (N-methyl/N-ethyl adjacent to an activating group) is 2. The largest absolute Gasteiger partial charge is 0.315 e. The normalized spacial score (nSPS) is 15.4. The Bertz CT molecular complexity index is 304. The van der Waals surface area contributed by atoms with Gasteiger partial charge in [-0.25, -0.2) is 0 Å². The van der Waals surface area contributed by atoms with E-state index < -0.39 is 0 Å². The summed E-state index contributed by atoms with van der Waals surface area (Å²) in [7, 11) is 6.15. The summed E-state index contributed by atoms with van der Waals surface area (Å²) in [4.78, 5) is 2.36. The lowest BCUT2D eigenvalue weighted by atomic mass is 10.1. The quantitative estimate of drug-likeness (QED) is 0.789. The summed E-state index contributed by atoms with van der Waals surface area (Å²) in [5.74, 6) is 0. The fraction of sp³-hybridized carbons (Fsp3) is 0.750. The van der Waals surface area contributed by atoms with Gasteiger partial charge in [0.25, 0.3) is 0 Å². The summed E-state index contributed by atoms with van der Waals surface area (Å²) in [6, 6.07) is 1.07. The van der Waals surface area contributed by atoms with Crippen LogP contribution in [0.3, 0.4) is 0 Å². The highest BCUT2D eigenvalue weighted by atomic mass is 15.2. The summed E-state index contributed by atoms with van der Waals surface area (Å²) >= 11 is 0. The molecule has 4 nitrogen and oxygen atoms in total. The van der Waals surface area contributed by atoms with Gasteiger partial charge in [0, 0.05) is 37.4 Å². The van der Waals surface area contributed by atoms with E-state index in [0.29, 0.717) is 12.1 Å². The standard InChI is InChI=1S/C12H24N4/c1-6-12(13-3)10(2)15(4)8-11-7-14-16(5)9-11/h7,9-10,12-13H,6,8H2,1-5H3. The number of aryl methyl sites for hydroxylation is 1. The van der Waals surface area contributed by atoms with E-state index in [1.54, 1.807) is 0 Å². The molecule has 0 aliphatic carbocycles. The summed E-state index contributed by atoms with van der Waals surface area (Å²) in [6.07, 6.45) is 5.15. The molecular formula is C12H24N4. The maximum atomic E-state index is 4.19. The van der Waals surface area contributed by atoms with E-state index >= 15 is 0 Å². The Morgan fingerprint density at radius 2 is 2.25 bits per heavy atom. The number of aromatic nitrogens is 2. The van der Waals surface area contributed by atoms with Gasteiger partial charge in [-0.2, -0.15) is 5.10 Å². The van der Waals surface area contributed by atoms with Crippen LogP contribution in [0.1, 0.15) is 25.8 Å². The van der Waals surface area contributed by atoms with E-state index in [9.17, 15) is 0 Å². The van der Waals surface area contributed by atoms with Crippen LogP contribution < -0.4 is 5.32 Å². The van der Waals surface area contributed by atoms with Gasteiger partial charge in [0.15, 0.2) is 0 Å². The van der Waals surface area contributed by atoms with Crippen molar-refractivity contribution in [2.75, 3.05) is 14.1 Å². The van der Waals surface area contributed by atoms with Crippen molar-refractivity contribution in [3.05, 3.63) is 18.0 Å². The van der Waals surface area contributed by atoms with Crippen molar-refractivity contribution in [3.8, 4) is 0 Å². The molecule has 1 N–H and O–H groups in total. The second-order valence-electron chi connectivity index (χ2n) is 4.48. The van der Waals surface area contributed by atoms with Crippen LogP contribution in [0.2, 0.25) is 0 Å². The van der Waals surface area contributed by atoms with E-state index in [4.69, 9.17) is 0 Å². The first-order valence-corrected chi connectivity index (χ1v) is 5.93. The molecule has 0 aromatic carbocycles. The van der Waals surface area contributed by atoms with Crippen LogP contribution in [-0.2, 0) is 13.6 Å². The van der Waals surface area contributed by atoms with Gasteiger partial charge in [-0.3, -0.25) is 9.58 Å². The van der Waals surface area contributed by atoms with Crippen molar-refractivity contribution in [1.82, 2.24) is 20.0 Å². The third-order valence-corrected chi connectivity index (χ3v) is 3.28. The maximum Gasteiger partial charge on any atom is 0.0534 e. The first-order valence-electron chi connectivity index (χ1n) is 5.93. The van der Waals surface area contributed by atoms with Crippen molar-refractivity contribution in [3.63, 3.8) is 0 Å². The smallest absolute Gasteiger partial charge is 0.0534 e. The van der Waals surface area contributed by atoms with Crippen LogP contribution in [0.5, 0.6) is 0 Å². The summed E-state index contributed by atoms with van der Waals surface area (Å²) in [5, 5.41) is 7.55. The second-order valence-corrected chi connectivity index (χ2v) is 4.48. The lowest BCUT2D eigenvalue weighted by molar-refractivity contribution is 0.200. The van der Waals surface area contributed by atoms with Crippen LogP contribution in [-0.4, -0.2) is 40.9 Å². The molecule has 1 heterocycles. The molecule has 0 saturated heterocycles. The number of hydrogen-bond acceptors (Lipinski definition) is 3. The van der Waals surface area contributed by atoms with E-state index in [1.165, 1.54) is 5.56 Å². The zero-order chi connectivity index (χ0) is 12.1. The predicted octanol–water partition coefficient (Wildman–Crippen LogP) is 1.24. The lowest BCUT2D eigenvalue weighted by Crippen LogP contribution is -2.44. The molecule has 92 valence electrons. The highest BCUT2D eigenvalue weighted by Gasteiger charge is 2.18. The predicted molar refractivity (Wildman–Crippen MR) is 67.3 cm³/mol. The topological polar surface area (TPSA) is 33.1 Å². The molecule has 2 atom stereocenters. The minimum absolute atomic E-state index is 0.523. The molecule has 1 aromatic heterocycles. The van der Waals surface area contributed by atoms with Crippen LogP contribution >= 0.6 is 0 Å². The molecule has 1 rings (SSSR count). The van der Waals surface area contributed by atoms with E-state index in [2.05, 4.69) is 42.4 Å². The number of hydrogen-bond donors (Lipinski definition) is 1. The molecule has 4 heteroatoms. The Labute approximate surface area is 98.6 Å². The fourth-order valence-corrected chi connectivity index (χ4v) is 2.08. The minimum Gasteiger partial charge on any atom is -0.315 e. The van der Waals surface area contributed by atoms with Crippen LogP contribution in [0.4, 0.5) is 0 Å². The Balaban J connectivity index is 2.54. The Hall–Kier alpha value is -0.870. The highest BCUT2D eigenvalue weighted by Crippen LogP contribution is 2.09. The SMILES string of the molecule is CCC(NC)C(C)N(C)Cc1cnn(C)c1. The summed E-state index contributed by atoms with van der Waals surface area (Å²) in [6.45, 7) is 5.43. The first-order chi connectivity index (χ1) is 7.58. The van der Waals surface area contributed by atoms with Crippen molar-refractivity contribution >= 4 is 0 Å². The molecular weight excluding hydrogens is 200 g/mol. The van der Waals surface area contributed by atoms with Crippen LogP contribution in [0.15, 0.2) is 12.4 Å². The molecule has 0 spiro atoms. The molecule has 0 fully saturated rings. The van der Waals surface area contributed by atoms with Crippen LogP contribution in [0.25, 0.3) is 0 Å². The van der Waals surface area contributed by atoms with Gasteiger partial charge in [0.2, 0.25) is 0 Å². The van der Waals surface area contributed by atoms with Gasteiger partial charge >= 0.3 is 0 Å². The lowest BCUT2D eigenvalue weighted by Gasteiger charge is -2.30. The first kappa shape index (κ1) is 13.2. The monoisotopic (exact) mass is 224 g/mol.